The number of nitrogens with one attached hydrogen (secondary N) is 1. The van der Waals surface area contributed by atoms with Crippen molar-refractivity contribution in [2.75, 3.05) is 11.4 Å². The molecule has 1 atom stereocenters. The molecule has 3 rings (SSSR count). The van der Waals surface area contributed by atoms with Gasteiger partial charge in [0.15, 0.2) is 0 Å². The minimum atomic E-state index is -0.251. The lowest BCUT2D eigenvalue weighted by Gasteiger charge is -2.27. The predicted octanol–water partition coefficient (Wildman–Crippen LogP) is 2.41. The van der Waals surface area contributed by atoms with Crippen molar-refractivity contribution >= 4 is 29.9 Å². The van der Waals surface area contributed by atoms with Gasteiger partial charge in [-0.25, -0.2) is 0 Å². The van der Waals surface area contributed by atoms with Gasteiger partial charge in [0.25, 0.3) is 0 Å². The molecule has 6 heteroatoms. The number of carbonyl (C=O) groups is 2. The molecule has 1 aromatic carbocycles. The molecule has 1 saturated carbocycles. The van der Waals surface area contributed by atoms with E-state index in [4.69, 9.17) is 5.73 Å². The zero-order chi connectivity index (χ0) is 17.1. The quantitative estimate of drug-likeness (QED) is 0.860. The molecule has 2 amide bonds. The second kappa shape index (κ2) is 8.68. The van der Waals surface area contributed by atoms with Crippen LogP contribution in [0.25, 0.3) is 0 Å². The Labute approximate surface area is 155 Å². The zero-order valence-electron chi connectivity index (χ0n) is 14.7. The monoisotopic (exact) mass is 365 g/mol. The minimum absolute atomic E-state index is 0. The van der Waals surface area contributed by atoms with Crippen LogP contribution in [0.5, 0.6) is 0 Å². The van der Waals surface area contributed by atoms with Crippen LogP contribution in [-0.2, 0) is 16.0 Å². The lowest BCUT2D eigenvalue weighted by molar-refractivity contribution is -0.127. The van der Waals surface area contributed by atoms with Crippen molar-refractivity contribution in [2.24, 2.45) is 11.7 Å². The number of rotatable bonds is 4. The van der Waals surface area contributed by atoms with E-state index in [1.165, 1.54) is 5.56 Å². The summed E-state index contributed by atoms with van der Waals surface area (Å²) >= 11 is 0. The number of hydrogen-bond donors (Lipinski definition) is 2. The normalized spacial score (nSPS) is 26.2. The molecule has 1 unspecified atom stereocenters. The van der Waals surface area contributed by atoms with Gasteiger partial charge in [0, 0.05) is 30.7 Å². The van der Waals surface area contributed by atoms with E-state index in [0.29, 0.717) is 13.0 Å². The molecule has 3 N–H and O–H groups in total. The van der Waals surface area contributed by atoms with Crippen LogP contribution in [-0.4, -0.2) is 30.4 Å². The third kappa shape index (κ3) is 4.73. The molecule has 0 aromatic heterocycles. The fourth-order valence-corrected chi connectivity index (χ4v) is 3.63. The first-order valence-electron chi connectivity index (χ1n) is 9.02. The van der Waals surface area contributed by atoms with Crippen LogP contribution in [0.4, 0.5) is 5.69 Å². The largest absolute Gasteiger partial charge is 0.353 e. The maximum atomic E-state index is 12.5. The van der Waals surface area contributed by atoms with Gasteiger partial charge in [-0.1, -0.05) is 19.1 Å². The lowest BCUT2D eigenvalue weighted by Crippen LogP contribution is -2.43. The first kappa shape index (κ1) is 19.7. The number of benzene rings is 1. The summed E-state index contributed by atoms with van der Waals surface area (Å²) in [6.45, 7) is 2.58. The van der Waals surface area contributed by atoms with Gasteiger partial charge in [-0.05, 0) is 49.8 Å². The second-order valence-corrected chi connectivity index (χ2v) is 7.05. The molecule has 1 aromatic rings. The molecule has 2 aliphatic rings. The number of hydrogen-bond acceptors (Lipinski definition) is 3. The molecule has 2 fully saturated rings. The Balaban J connectivity index is 0.00000225. The van der Waals surface area contributed by atoms with Crippen LogP contribution >= 0.6 is 12.4 Å². The van der Waals surface area contributed by atoms with Crippen molar-refractivity contribution in [1.29, 1.82) is 0 Å². The molecule has 25 heavy (non-hydrogen) atoms. The molecule has 5 nitrogen and oxygen atoms in total. The predicted molar refractivity (Wildman–Crippen MR) is 102 cm³/mol. The van der Waals surface area contributed by atoms with Crippen LogP contribution in [0.1, 0.15) is 44.6 Å². The van der Waals surface area contributed by atoms with Gasteiger partial charge in [-0.2, -0.15) is 0 Å². The topological polar surface area (TPSA) is 75.4 Å². The van der Waals surface area contributed by atoms with E-state index in [-0.39, 0.29) is 42.2 Å². The third-order valence-electron chi connectivity index (χ3n) is 5.27. The molecule has 1 saturated heterocycles. The van der Waals surface area contributed by atoms with Crippen molar-refractivity contribution in [3.05, 3.63) is 29.8 Å². The third-order valence-corrected chi connectivity index (χ3v) is 5.27. The summed E-state index contributed by atoms with van der Waals surface area (Å²) in [4.78, 5) is 26.5. The first-order chi connectivity index (χ1) is 11.6. The molecule has 1 aliphatic heterocycles. The molecule has 0 bridgehead atoms. The Morgan fingerprint density at radius 2 is 1.84 bits per heavy atom. The molecule has 1 aliphatic carbocycles. The van der Waals surface area contributed by atoms with Crippen LogP contribution in [0.15, 0.2) is 24.3 Å². The second-order valence-electron chi connectivity index (χ2n) is 7.05. The Hall–Kier alpha value is -1.59. The van der Waals surface area contributed by atoms with E-state index in [1.807, 2.05) is 24.3 Å². The smallest absolute Gasteiger partial charge is 0.227 e. The summed E-state index contributed by atoms with van der Waals surface area (Å²) in [6.07, 6.45) is 5.08. The Bertz CT molecular complexity index is 597. The Kier molecular flexibility index (Phi) is 6.85. The zero-order valence-corrected chi connectivity index (χ0v) is 15.6. The van der Waals surface area contributed by atoms with Crippen molar-refractivity contribution in [1.82, 2.24) is 5.32 Å². The summed E-state index contributed by atoms with van der Waals surface area (Å²) in [5.41, 5.74) is 8.04. The molecular formula is C19H28ClN3O2. The van der Waals surface area contributed by atoms with Gasteiger partial charge in [-0.3, -0.25) is 9.59 Å². The molecule has 1 heterocycles. The van der Waals surface area contributed by atoms with Gasteiger partial charge in [0.05, 0.1) is 5.92 Å². The van der Waals surface area contributed by atoms with Crippen molar-refractivity contribution in [3.8, 4) is 0 Å². The van der Waals surface area contributed by atoms with Crippen LogP contribution in [0.3, 0.4) is 0 Å². The Morgan fingerprint density at radius 1 is 1.20 bits per heavy atom. The average Bonchev–Trinajstić information content (AvgIpc) is 2.99. The summed E-state index contributed by atoms with van der Waals surface area (Å²) < 4.78 is 0. The van der Waals surface area contributed by atoms with E-state index in [1.54, 1.807) is 4.90 Å². The number of aryl methyl sites for hydroxylation is 1. The van der Waals surface area contributed by atoms with Crippen LogP contribution < -0.4 is 16.0 Å². The number of amides is 2. The number of nitrogens with two attached hydrogens (primary N) is 1. The van der Waals surface area contributed by atoms with Gasteiger partial charge in [0.2, 0.25) is 11.8 Å². The summed E-state index contributed by atoms with van der Waals surface area (Å²) in [5, 5.41) is 3.12. The van der Waals surface area contributed by atoms with Gasteiger partial charge in [0.1, 0.15) is 0 Å². The van der Waals surface area contributed by atoms with E-state index in [9.17, 15) is 9.59 Å². The molecule has 0 radical (unpaired) electrons. The fourth-order valence-electron chi connectivity index (χ4n) is 3.63. The molecular weight excluding hydrogens is 338 g/mol. The number of nitrogens with zero attached hydrogens (tertiary/aromatic N) is 1. The summed E-state index contributed by atoms with van der Waals surface area (Å²) in [5.74, 6) is -0.208. The van der Waals surface area contributed by atoms with E-state index in [0.717, 1.165) is 37.8 Å². The maximum absolute atomic E-state index is 12.5. The summed E-state index contributed by atoms with van der Waals surface area (Å²) in [7, 11) is 0. The fraction of sp³-hybridized carbons (Fsp3) is 0.579. The van der Waals surface area contributed by atoms with Crippen molar-refractivity contribution in [2.45, 2.75) is 57.5 Å². The van der Waals surface area contributed by atoms with Gasteiger partial charge >= 0.3 is 0 Å². The number of halogens is 1. The van der Waals surface area contributed by atoms with Crippen LogP contribution in [0.2, 0.25) is 0 Å². The highest BCUT2D eigenvalue weighted by molar-refractivity contribution is 6.00. The first-order valence-corrected chi connectivity index (χ1v) is 9.02. The van der Waals surface area contributed by atoms with E-state index in [2.05, 4.69) is 12.2 Å². The lowest BCUT2D eigenvalue weighted by atomic mass is 9.91. The molecule has 0 spiro atoms. The standard InChI is InChI=1S/C19H27N3O2.ClH/c1-2-13-3-9-17(10-4-13)22-12-14(11-18(22)23)19(24)21-16-7-5-15(20)6-8-16;/h3-4,9-10,14-16H,2,5-8,11-12,20H2,1H3,(H,21,24);1H. The van der Waals surface area contributed by atoms with E-state index < -0.39 is 0 Å². The van der Waals surface area contributed by atoms with Crippen LogP contribution in [0, 0.1) is 5.92 Å². The van der Waals surface area contributed by atoms with Crippen molar-refractivity contribution in [3.63, 3.8) is 0 Å². The van der Waals surface area contributed by atoms with E-state index >= 15 is 0 Å². The van der Waals surface area contributed by atoms with Gasteiger partial charge < -0.3 is 16.0 Å². The number of carbonyl (C=O) groups excluding carboxylic acids is 2. The van der Waals surface area contributed by atoms with Crippen molar-refractivity contribution < 1.29 is 9.59 Å². The highest BCUT2D eigenvalue weighted by Crippen LogP contribution is 2.26. The Morgan fingerprint density at radius 3 is 2.44 bits per heavy atom. The van der Waals surface area contributed by atoms with Gasteiger partial charge in [-0.15, -0.1) is 12.4 Å². The molecule has 138 valence electrons. The summed E-state index contributed by atoms with van der Waals surface area (Å²) in [6, 6.07) is 8.51. The highest BCUT2D eigenvalue weighted by atomic mass is 35.5. The minimum Gasteiger partial charge on any atom is -0.353 e. The number of anilines is 1. The highest BCUT2D eigenvalue weighted by Gasteiger charge is 2.36. The average molecular weight is 366 g/mol. The maximum Gasteiger partial charge on any atom is 0.227 e. The SMILES string of the molecule is CCc1ccc(N2CC(C(=O)NC3CCC(N)CC3)CC2=O)cc1.Cl.